The lowest BCUT2D eigenvalue weighted by atomic mass is 10.2. The normalized spacial score (nSPS) is 12.9. The fourth-order valence-corrected chi connectivity index (χ4v) is 2.94. The summed E-state index contributed by atoms with van der Waals surface area (Å²) in [5, 5.41) is 4.61. The molecule has 98 valence electrons. The maximum Gasteiger partial charge on any atom is 0.138 e. The highest BCUT2D eigenvalue weighted by Crippen LogP contribution is 2.32. The molecule has 0 aliphatic heterocycles. The summed E-state index contributed by atoms with van der Waals surface area (Å²) in [4.78, 5) is 11.1. The van der Waals surface area contributed by atoms with Crippen LogP contribution in [0.2, 0.25) is 0 Å². The van der Waals surface area contributed by atoms with E-state index in [2.05, 4.69) is 36.1 Å². The van der Waals surface area contributed by atoms with Gasteiger partial charge in [-0.2, -0.15) is 0 Å². The van der Waals surface area contributed by atoms with Gasteiger partial charge in [-0.15, -0.1) is 11.3 Å². The minimum atomic E-state index is 0.285. The Labute approximate surface area is 111 Å². The number of nitrogens with one attached hydrogen (secondary N) is 1. The van der Waals surface area contributed by atoms with E-state index in [-0.39, 0.29) is 6.04 Å². The van der Waals surface area contributed by atoms with E-state index in [0.29, 0.717) is 6.61 Å². The molecule has 2 rings (SSSR count). The summed E-state index contributed by atoms with van der Waals surface area (Å²) in [6.07, 6.45) is 2.63. The first-order valence-corrected chi connectivity index (χ1v) is 6.95. The average molecular weight is 265 g/mol. The quantitative estimate of drug-likeness (QED) is 0.902. The van der Waals surface area contributed by atoms with Crippen LogP contribution < -0.4 is 5.32 Å². The van der Waals surface area contributed by atoms with Crippen LogP contribution in [0.25, 0.3) is 10.2 Å². The molecule has 5 heteroatoms. The van der Waals surface area contributed by atoms with Crippen LogP contribution in [0, 0.1) is 13.8 Å². The molecule has 1 atom stereocenters. The van der Waals surface area contributed by atoms with Gasteiger partial charge >= 0.3 is 0 Å². The Bertz CT molecular complexity index is 538. The van der Waals surface area contributed by atoms with E-state index < -0.39 is 0 Å². The highest BCUT2D eigenvalue weighted by Gasteiger charge is 2.14. The Balaban J connectivity index is 2.38. The van der Waals surface area contributed by atoms with Crippen molar-refractivity contribution in [3.05, 3.63) is 16.8 Å². The van der Waals surface area contributed by atoms with Crippen LogP contribution >= 0.6 is 11.3 Å². The second-order valence-corrected chi connectivity index (χ2v) is 5.59. The lowest BCUT2D eigenvalue weighted by molar-refractivity contribution is 0.184. The molecular formula is C13H19N3OS. The minimum absolute atomic E-state index is 0.285. The van der Waals surface area contributed by atoms with Crippen LogP contribution in [-0.2, 0) is 4.74 Å². The van der Waals surface area contributed by atoms with Crippen molar-refractivity contribution in [1.29, 1.82) is 0 Å². The average Bonchev–Trinajstić information content (AvgIpc) is 2.65. The number of rotatable bonds is 5. The number of nitrogens with zero attached hydrogens (tertiary/aromatic N) is 2. The van der Waals surface area contributed by atoms with E-state index in [4.69, 9.17) is 4.74 Å². The second-order valence-electron chi connectivity index (χ2n) is 4.39. The van der Waals surface area contributed by atoms with Crippen molar-refractivity contribution >= 4 is 27.4 Å². The smallest absolute Gasteiger partial charge is 0.138 e. The zero-order chi connectivity index (χ0) is 13.1. The molecule has 0 aliphatic carbocycles. The lowest BCUT2D eigenvalue weighted by Gasteiger charge is -2.17. The molecule has 2 aromatic rings. The first-order chi connectivity index (χ1) is 8.67. The van der Waals surface area contributed by atoms with Gasteiger partial charge in [0.25, 0.3) is 0 Å². The summed E-state index contributed by atoms with van der Waals surface area (Å²) >= 11 is 1.72. The van der Waals surface area contributed by atoms with E-state index in [1.165, 1.54) is 10.4 Å². The largest absolute Gasteiger partial charge is 0.383 e. The van der Waals surface area contributed by atoms with E-state index in [1.54, 1.807) is 24.8 Å². The zero-order valence-corrected chi connectivity index (χ0v) is 12.1. The topological polar surface area (TPSA) is 47.0 Å². The molecule has 0 spiro atoms. The van der Waals surface area contributed by atoms with Crippen molar-refractivity contribution < 1.29 is 4.74 Å². The number of thiophene rings is 1. The molecule has 0 aromatic carbocycles. The predicted molar refractivity (Wildman–Crippen MR) is 76.5 cm³/mol. The van der Waals surface area contributed by atoms with Crippen molar-refractivity contribution in [3.63, 3.8) is 0 Å². The molecule has 0 saturated carbocycles. The molecule has 1 N–H and O–H groups in total. The SMILES string of the molecule is CCC(COC)Nc1ncnc2sc(C)c(C)c12. The van der Waals surface area contributed by atoms with Crippen LogP contribution in [0.4, 0.5) is 5.82 Å². The molecule has 1 unspecified atom stereocenters. The second kappa shape index (κ2) is 5.63. The van der Waals surface area contributed by atoms with Gasteiger partial charge in [0.05, 0.1) is 18.0 Å². The van der Waals surface area contributed by atoms with Crippen LogP contribution in [0.15, 0.2) is 6.33 Å². The molecule has 0 saturated heterocycles. The van der Waals surface area contributed by atoms with Crippen molar-refractivity contribution in [2.24, 2.45) is 0 Å². The fraction of sp³-hybridized carbons (Fsp3) is 0.538. The van der Waals surface area contributed by atoms with Crippen molar-refractivity contribution in [2.75, 3.05) is 19.0 Å². The number of hydrogen-bond donors (Lipinski definition) is 1. The third-order valence-electron chi connectivity index (χ3n) is 3.17. The van der Waals surface area contributed by atoms with E-state index in [9.17, 15) is 0 Å². The summed E-state index contributed by atoms with van der Waals surface area (Å²) in [6.45, 7) is 7.07. The first kappa shape index (κ1) is 13.2. The number of methoxy groups -OCH3 is 1. The fourth-order valence-electron chi connectivity index (χ4n) is 1.95. The van der Waals surface area contributed by atoms with Crippen molar-refractivity contribution in [3.8, 4) is 0 Å². The zero-order valence-electron chi connectivity index (χ0n) is 11.3. The monoisotopic (exact) mass is 265 g/mol. The molecule has 4 nitrogen and oxygen atoms in total. The van der Waals surface area contributed by atoms with Crippen molar-refractivity contribution in [1.82, 2.24) is 9.97 Å². The van der Waals surface area contributed by atoms with E-state index >= 15 is 0 Å². The summed E-state index contributed by atoms with van der Waals surface area (Å²) in [7, 11) is 1.72. The summed E-state index contributed by atoms with van der Waals surface area (Å²) in [6, 6.07) is 0.285. The van der Waals surface area contributed by atoms with Gasteiger partial charge in [0.1, 0.15) is 17.0 Å². The lowest BCUT2D eigenvalue weighted by Crippen LogP contribution is -2.24. The summed E-state index contributed by atoms with van der Waals surface area (Å²) in [5.41, 5.74) is 1.27. The maximum atomic E-state index is 5.21. The van der Waals surface area contributed by atoms with Crippen LogP contribution in [0.1, 0.15) is 23.8 Å². The van der Waals surface area contributed by atoms with Gasteiger partial charge < -0.3 is 10.1 Å². The number of ether oxygens (including phenoxy) is 1. The predicted octanol–water partition coefficient (Wildman–Crippen LogP) is 3.15. The third-order valence-corrected chi connectivity index (χ3v) is 4.28. The highest BCUT2D eigenvalue weighted by molar-refractivity contribution is 7.18. The highest BCUT2D eigenvalue weighted by atomic mass is 32.1. The number of anilines is 1. The number of hydrogen-bond acceptors (Lipinski definition) is 5. The van der Waals surface area contributed by atoms with Crippen LogP contribution in [-0.4, -0.2) is 29.7 Å². The summed E-state index contributed by atoms with van der Waals surface area (Å²) in [5.74, 6) is 0.922. The number of aryl methyl sites for hydroxylation is 2. The third kappa shape index (κ3) is 2.47. The Morgan fingerprint density at radius 1 is 1.39 bits per heavy atom. The van der Waals surface area contributed by atoms with Crippen LogP contribution in [0.3, 0.4) is 0 Å². The maximum absolute atomic E-state index is 5.21. The van der Waals surface area contributed by atoms with Crippen LogP contribution in [0.5, 0.6) is 0 Å². The number of aromatic nitrogens is 2. The Morgan fingerprint density at radius 2 is 2.17 bits per heavy atom. The van der Waals surface area contributed by atoms with Gasteiger partial charge in [0, 0.05) is 12.0 Å². The van der Waals surface area contributed by atoms with Crippen molar-refractivity contribution in [2.45, 2.75) is 33.2 Å². The van der Waals surface area contributed by atoms with Gasteiger partial charge in [-0.05, 0) is 25.8 Å². The first-order valence-electron chi connectivity index (χ1n) is 6.13. The van der Waals surface area contributed by atoms with E-state index in [1.807, 2.05) is 0 Å². The number of fused-ring (bicyclic) bond motifs is 1. The molecule has 0 amide bonds. The Hall–Kier alpha value is -1.20. The standard InChI is InChI=1S/C13H19N3OS/c1-5-10(6-17-4)16-12-11-8(2)9(3)18-13(11)15-7-14-12/h7,10H,5-6H2,1-4H3,(H,14,15,16). The van der Waals surface area contributed by atoms with Gasteiger partial charge in [-0.1, -0.05) is 6.92 Å². The molecule has 0 aliphatic rings. The minimum Gasteiger partial charge on any atom is -0.383 e. The summed E-state index contributed by atoms with van der Waals surface area (Å²) < 4.78 is 5.21. The molecule has 0 radical (unpaired) electrons. The van der Waals surface area contributed by atoms with Gasteiger partial charge in [-0.25, -0.2) is 9.97 Å². The van der Waals surface area contributed by atoms with E-state index in [0.717, 1.165) is 22.5 Å². The Kier molecular flexibility index (Phi) is 4.14. The molecule has 2 heterocycles. The molecule has 0 fully saturated rings. The van der Waals surface area contributed by atoms with Gasteiger partial charge in [0.15, 0.2) is 0 Å². The van der Waals surface area contributed by atoms with Gasteiger partial charge in [0.2, 0.25) is 0 Å². The van der Waals surface area contributed by atoms with Gasteiger partial charge in [-0.3, -0.25) is 0 Å². The molecule has 2 aromatic heterocycles. The molecule has 0 bridgehead atoms. The Morgan fingerprint density at radius 3 is 2.83 bits per heavy atom. The molecule has 18 heavy (non-hydrogen) atoms. The molecular weight excluding hydrogens is 246 g/mol.